The van der Waals surface area contributed by atoms with Crippen LogP contribution in [0.25, 0.3) is 0 Å². The summed E-state index contributed by atoms with van der Waals surface area (Å²) in [4.78, 5) is 0. The second-order valence-corrected chi connectivity index (χ2v) is 4.22. The standard InChI is InChI=1S/C12H27NO/c1-3-5-7-9-11(13)12(14)10-8-6-4-2/h11-12,14H,3-10,13H2,1-2H3. The van der Waals surface area contributed by atoms with Crippen LogP contribution in [0.15, 0.2) is 0 Å². The molecule has 86 valence electrons. The molecule has 0 bridgehead atoms. The van der Waals surface area contributed by atoms with Crippen molar-refractivity contribution in [3.63, 3.8) is 0 Å². The zero-order valence-corrected chi connectivity index (χ0v) is 9.84. The summed E-state index contributed by atoms with van der Waals surface area (Å²) in [5, 5.41) is 9.72. The fourth-order valence-corrected chi connectivity index (χ4v) is 1.64. The van der Waals surface area contributed by atoms with Gasteiger partial charge < -0.3 is 10.8 Å². The molecule has 14 heavy (non-hydrogen) atoms. The molecule has 0 fully saturated rings. The van der Waals surface area contributed by atoms with E-state index in [1.54, 1.807) is 0 Å². The molecule has 0 spiro atoms. The lowest BCUT2D eigenvalue weighted by atomic mass is 9.99. The molecule has 0 aromatic carbocycles. The van der Waals surface area contributed by atoms with Crippen LogP contribution in [0, 0.1) is 0 Å². The van der Waals surface area contributed by atoms with Crippen molar-refractivity contribution in [3.05, 3.63) is 0 Å². The molecule has 2 nitrogen and oxygen atoms in total. The predicted molar refractivity (Wildman–Crippen MR) is 62.3 cm³/mol. The highest BCUT2D eigenvalue weighted by atomic mass is 16.3. The van der Waals surface area contributed by atoms with E-state index in [2.05, 4.69) is 13.8 Å². The second kappa shape index (κ2) is 9.47. The van der Waals surface area contributed by atoms with Crippen LogP contribution in [-0.4, -0.2) is 17.3 Å². The first-order valence-corrected chi connectivity index (χ1v) is 6.16. The Hall–Kier alpha value is -0.0800. The minimum atomic E-state index is -0.279. The van der Waals surface area contributed by atoms with E-state index in [0.717, 1.165) is 25.7 Å². The summed E-state index contributed by atoms with van der Waals surface area (Å²) in [7, 11) is 0. The third-order valence-electron chi connectivity index (χ3n) is 2.74. The van der Waals surface area contributed by atoms with Gasteiger partial charge in [0.25, 0.3) is 0 Å². The molecule has 0 heterocycles. The Labute approximate surface area is 88.9 Å². The zero-order chi connectivity index (χ0) is 10.8. The van der Waals surface area contributed by atoms with E-state index in [0.29, 0.717) is 0 Å². The molecule has 0 saturated carbocycles. The quantitative estimate of drug-likeness (QED) is 0.563. The van der Waals surface area contributed by atoms with Crippen LogP contribution in [-0.2, 0) is 0 Å². The minimum Gasteiger partial charge on any atom is -0.392 e. The van der Waals surface area contributed by atoms with Crippen molar-refractivity contribution >= 4 is 0 Å². The van der Waals surface area contributed by atoms with Crippen molar-refractivity contribution in [2.24, 2.45) is 5.73 Å². The molecular formula is C12H27NO. The molecule has 0 saturated heterocycles. The van der Waals surface area contributed by atoms with Gasteiger partial charge in [-0.2, -0.15) is 0 Å². The Morgan fingerprint density at radius 3 is 1.93 bits per heavy atom. The molecule has 2 heteroatoms. The molecule has 0 amide bonds. The van der Waals surface area contributed by atoms with E-state index in [4.69, 9.17) is 5.73 Å². The molecule has 0 aromatic rings. The van der Waals surface area contributed by atoms with Gasteiger partial charge in [-0.15, -0.1) is 0 Å². The fraction of sp³-hybridized carbons (Fsp3) is 1.00. The average Bonchev–Trinajstić information content (AvgIpc) is 2.18. The summed E-state index contributed by atoms with van der Waals surface area (Å²) < 4.78 is 0. The van der Waals surface area contributed by atoms with Crippen LogP contribution in [0.2, 0.25) is 0 Å². The number of hydrogen-bond donors (Lipinski definition) is 2. The van der Waals surface area contributed by atoms with Crippen LogP contribution in [0.4, 0.5) is 0 Å². The molecule has 0 aromatic heterocycles. The normalized spacial score (nSPS) is 15.4. The summed E-state index contributed by atoms with van der Waals surface area (Å²) in [5.74, 6) is 0. The van der Waals surface area contributed by atoms with Crippen molar-refractivity contribution in [3.8, 4) is 0 Å². The second-order valence-electron chi connectivity index (χ2n) is 4.22. The first-order valence-electron chi connectivity index (χ1n) is 6.16. The van der Waals surface area contributed by atoms with E-state index in [1.807, 2.05) is 0 Å². The largest absolute Gasteiger partial charge is 0.392 e. The maximum Gasteiger partial charge on any atom is 0.0691 e. The number of rotatable bonds is 9. The molecule has 3 N–H and O–H groups in total. The summed E-state index contributed by atoms with van der Waals surface area (Å²) >= 11 is 0. The minimum absolute atomic E-state index is 0.00148. The van der Waals surface area contributed by atoms with Crippen LogP contribution in [0.3, 0.4) is 0 Å². The molecule has 0 rings (SSSR count). The number of aliphatic hydroxyl groups is 1. The summed E-state index contributed by atoms with van der Waals surface area (Å²) in [6.07, 6.45) is 8.70. The van der Waals surface area contributed by atoms with Gasteiger partial charge >= 0.3 is 0 Å². The lowest BCUT2D eigenvalue weighted by Gasteiger charge is -2.18. The van der Waals surface area contributed by atoms with Crippen molar-refractivity contribution in [2.75, 3.05) is 0 Å². The first-order chi connectivity index (χ1) is 6.72. The molecule has 0 aliphatic carbocycles. The van der Waals surface area contributed by atoms with Crippen LogP contribution >= 0.6 is 0 Å². The van der Waals surface area contributed by atoms with E-state index >= 15 is 0 Å². The SMILES string of the molecule is CCCCCC(N)C(O)CCCCC. The average molecular weight is 201 g/mol. The Morgan fingerprint density at radius 2 is 1.43 bits per heavy atom. The van der Waals surface area contributed by atoms with Crippen molar-refractivity contribution in [1.29, 1.82) is 0 Å². The maximum absolute atomic E-state index is 9.72. The summed E-state index contributed by atoms with van der Waals surface area (Å²) in [6.45, 7) is 4.36. The van der Waals surface area contributed by atoms with Crippen molar-refractivity contribution in [2.45, 2.75) is 77.4 Å². The van der Waals surface area contributed by atoms with Crippen LogP contribution < -0.4 is 5.73 Å². The number of nitrogens with two attached hydrogens (primary N) is 1. The van der Waals surface area contributed by atoms with Gasteiger partial charge in [0.1, 0.15) is 0 Å². The molecular weight excluding hydrogens is 174 g/mol. The van der Waals surface area contributed by atoms with Gasteiger partial charge in [-0.25, -0.2) is 0 Å². The third kappa shape index (κ3) is 7.34. The van der Waals surface area contributed by atoms with Gasteiger partial charge in [0.05, 0.1) is 6.10 Å². The Morgan fingerprint density at radius 1 is 0.929 bits per heavy atom. The Bertz CT molecular complexity index is 103. The Balaban J connectivity index is 3.39. The monoisotopic (exact) mass is 201 g/mol. The molecule has 0 aliphatic heterocycles. The molecule has 0 aliphatic rings. The van der Waals surface area contributed by atoms with Gasteiger partial charge in [0, 0.05) is 6.04 Å². The number of hydrogen-bond acceptors (Lipinski definition) is 2. The summed E-state index contributed by atoms with van der Waals surface area (Å²) in [5.41, 5.74) is 5.89. The predicted octanol–water partition coefficient (Wildman–Crippen LogP) is 2.84. The molecule has 2 atom stereocenters. The van der Waals surface area contributed by atoms with Gasteiger partial charge in [-0.1, -0.05) is 52.4 Å². The maximum atomic E-state index is 9.72. The third-order valence-corrected chi connectivity index (χ3v) is 2.74. The lowest BCUT2D eigenvalue weighted by molar-refractivity contribution is 0.126. The van der Waals surface area contributed by atoms with Gasteiger partial charge in [0.2, 0.25) is 0 Å². The van der Waals surface area contributed by atoms with Gasteiger partial charge in [0.15, 0.2) is 0 Å². The van der Waals surface area contributed by atoms with Crippen molar-refractivity contribution in [1.82, 2.24) is 0 Å². The number of unbranched alkanes of at least 4 members (excludes halogenated alkanes) is 4. The summed E-state index contributed by atoms with van der Waals surface area (Å²) in [6, 6.07) is -0.00148. The van der Waals surface area contributed by atoms with Gasteiger partial charge in [-0.05, 0) is 12.8 Å². The first kappa shape index (κ1) is 13.9. The highest BCUT2D eigenvalue weighted by Gasteiger charge is 2.13. The highest BCUT2D eigenvalue weighted by Crippen LogP contribution is 2.10. The van der Waals surface area contributed by atoms with E-state index in [-0.39, 0.29) is 12.1 Å². The lowest BCUT2D eigenvalue weighted by Crippen LogP contribution is -2.34. The molecule has 0 radical (unpaired) electrons. The van der Waals surface area contributed by atoms with E-state index < -0.39 is 0 Å². The van der Waals surface area contributed by atoms with Gasteiger partial charge in [-0.3, -0.25) is 0 Å². The smallest absolute Gasteiger partial charge is 0.0691 e. The van der Waals surface area contributed by atoms with Crippen molar-refractivity contribution < 1.29 is 5.11 Å². The number of aliphatic hydroxyl groups excluding tert-OH is 1. The topological polar surface area (TPSA) is 46.2 Å². The Kier molecular flexibility index (Phi) is 9.42. The van der Waals surface area contributed by atoms with E-state index in [1.165, 1.54) is 25.7 Å². The van der Waals surface area contributed by atoms with Crippen LogP contribution in [0.5, 0.6) is 0 Å². The fourth-order valence-electron chi connectivity index (χ4n) is 1.64. The zero-order valence-electron chi connectivity index (χ0n) is 9.84. The molecule has 2 unspecified atom stereocenters. The van der Waals surface area contributed by atoms with E-state index in [9.17, 15) is 5.11 Å². The van der Waals surface area contributed by atoms with Crippen LogP contribution in [0.1, 0.15) is 65.2 Å². The highest BCUT2D eigenvalue weighted by molar-refractivity contribution is 4.71.